The molecule has 0 radical (unpaired) electrons. The van der Waals surface area contributed by atoms with Crippen molar-refractivity contribution in [3.8, 4) is 5.75 Å². The number of likely N-dealkylation sites (tertiary alicyclic amines) is 1. The molecule has 3 aliphatic rings. The van der Waals surface area contributed by atoms with Gasteiger partial charge in [-0.25, -0.2) is 8.42 Å². The largest absolute Gasteiger partial charge is 0.482 e. The van der Waals surface area contributed by atoms with Crippen LogP contribution < -0.4 is 15.0 Å². The minimum Gasteiger partial charge on any atom is -0.482 e. The monoisotopic (exact) mass is 520 g/mol. The summed E-state index contributed by atoms with van der Waals surface area (Å²) in [5, 5.41) is 2.92. The SMILES string of the molecule is CC1CCN(S(=O)(=O)c2ccc3c(c2)N(CC(=O)NCCCN2[C@@H](C)CCC[C@@H]2C)C(=O)CO3)CC1. The zero-order chi connectivity index (χ0) is 25.9. The molecule has 2 atom stereocenters. The highest BCUT2D eigenvalue weighted by Crippen LogP contribution is 2.35. The van der Waals surface area contributed by atoms with Crippen LogP contribution in [-0.4, -0.2) is 80.9 Å². The topological polar surface area (TPSA) is 99.3 Å². The summed E-state index contributed by atoms with van der Waals surface area (Å²) in [6.07, 6.45) is 6.19. The molecule has 2 fully saturated rings. The molecule has 0 aromatic heterocycles. The molecule has 0 aliphatic carbocycles. The van der Waals surface area contributed by atoms with Gasteiger partial charge in [-0.05, 0) is 70.1 Å². The predicted octanol–water partition coefficient (Wildman–Crippen LogP) is 2.60. The second-order valence-corrected chi connectivity index (χ2v) is 12.5. The normalized spacial score (nSPS) is 24.3. The molecule has 3 heterocycles. The maximum Gasteiger partial charge on any atom is 0.265 e. The van der Waals surface area contributed by atoms with Crippen molar-refractivity contribution in [1.29, 1.82) is 0 Å². The van der Waals surface area contributed by atoms with E-state index in [0.29, 0.717) is 49.1 Å². The number of ether oxygens (including phenoxy) is 1. The maximum atomic E-state index is 13.2. The van der Waals surface area contributed by atoms with Gasteiger partial charge in [-0.15, -0.1) is 0 Å². The van der Waals surface area contributed by atoms with Gasteiger partial charge in [0.05, 0.1) is 10.6 Å². The highest BCUT2D eigenvalue weighted by molar-refractivity contribution is 7.89. The predicted molar refractivity (Wildman–Crippen MR) is 139 cm³/mol. The van der Waals surface area contributed by atoms with Crippen molar-refractivity contribution in [1.82, 2.24) is 14.5 Å². The van der Waals surface area contributed by atoms with Crippen molar-refractivity contribution < 1.29 is 22.7 Å². The summed E-state index contributed by atoms with van der Waals surface area (Å²) in [5.74, 6) is 0.275. The van der Waals surface area contributed by atoms with Gasteiger partial charge in [0.1, 0.15) is 12.3 Å². The van der Waals surface area contributed by atoms with Crippen LogP contribution in [0.3, 0.4) is 0 Å². The van der Waals surface area contributed by atoms with Crippen molar-refractivity contribution >= 4 is 27.5 Å². The molecule has 2 amide bonds. The summed E-state index contributed by atoms with van der Waals surface area (Å²) >= 11 is 0. The Morgan fingerprint density at radius 1 is 1.08 bits per heavy atom. The molecule has 0 saturated carbocycles. The Balaban J connectivity index is 1.38. The number of carbonyl (C=O) groups is 2. The number of piperidine rings is 2. The molecule has 1 aromatic carbocycles. The Kier molecular flexibility index (Phi) is 8.57. The first-order chi connectivity index (χ1) is 17.2. The van der Waals surface area contributed by atoms with Crippen molar-refractivity contribution in [2.24, 2.45) is 5.92 Å². The smallest absolute Gasteiger partial charge is 0.265 e. The third kappa shape index (κ3) is 6.03. The lowest BCUT2D eigenvalue weighted by Crippen LogP contribution is -2.46. The summed E-state index contributed by atoms with van der Waals surface area (Å²) in [4.78, 5) is 29.3. The average Bonchev–Trinajstić information content (AvgIpc) is 2.85. The van der Waals surface area contributed by atoms with Crippen molar-refractivity contribution in [2.45, 2.75) is 76.3 Å². The van der Waals surface area contributed by atoms with E-state index in [2.05, 4.69) is 31.0 Å². The lowest BCUT2D eigenvalue weighted by atomic mass is 9.97. The van der Waals surface area contributed by atoms with Crippen molar-refractivity contribution in [2.75, 3.05) is 44.2 Å². The first-order valence-corrected chi connectivity index (χ1v) is 14.7. The zero-order valence-electron chi connectivity index (χ0n) is 21.7. The van der Waals surface area contributed by atoms with Crippen LogP contribution in [0.5, 0.6) is 5.75 Å². The number of fused-ring (bicyclic) bond motifs is 1. The molecular weight excluding hydrogens is 480 g/mol. The van der Waals surface area contributed by atoms with Gasteiger partial charge in [-0.3, -0.25) is 19.4 Å². The average molecular weight is 521 g/mol. The standard InChI is InChI=1S/C26H40N4O5S/c1-19-10-14-28(15-11-19)36(33,34)22-8-9-24-23(16-22)30(26(32)18-35-24)17-25(31)27-12-5-13-29-20(2)6-4-7-21(29)3/h8-9,16,19-21H,4-7,10-15,17-18H2,1-3H3,(H,27,31)/t20-,21-/m0/s1. The molecule has 3 aliphatic heterocycles. The number of carbonyl (C=O) groups excluding carboxylic acids is 2. The molecule has 4 rings (SSSR count). The van der Waals surface area contributed by atoms with Gasteiger partial charge < -0.3 is 10.1 Å². The van der Waals surface area contributed by atoms with E-state index in [9.17, 15) is 18.0 Å². The van der Waals surface area contributed by atoms with Crippen LogP contribution in [0.25, 0.3) is 0 Å². The molecule has 2 saturated heterocycles. The fourth-order valence-corrected chi connectivity index (χ4v) is 6.98. The quantitative estimate of drug-likeness (QED) is 0.529. The van der Waals surface area contributed by atoms with E-state index in [0.717, 1.165) is 25.8 Å². The van der Waals surface area contributed by atoms with E-state index in [4.69, 9.17) is 4.74 Å². The Bertz CT molecular complexity index is 1040. The highest BCUT2D eigenvalue weighted by atomic mass is 32.2. The summed E-state index contributed by atoms with van der Waals surface area (Å²) < 4.78 is 33.5. The summed E-state index contributed by atoms with van der Waals surface area (Å²) in [5.41, 5.74) is 0.323. The fraction of sp³-hybridized carbons (Fsp3) is 0.692. The molecular formula is C26H40N4O5S. The fourth-order valence-electron chi connectivity index (χ4n) is 5.49. The van der Waals surface area contributed by atoms with Crippen LogP contribution in [0.4, 0.5) is 5.69 Å². The van der Waals surface area contributed by atoms with E-state index in [-0.39, 0.29) is 29.9 Å². The number of amides is 2. The number of benzene rings is 1. The van der Waals surface area contributed by atoms with Crippen LogP contribution in [0.15, 0.2) is 23.1 Å². The van der Waals surface area contributed by atoms with E-state index in [1.807, 2.05) is 0 Å². The number of hydrogen-bond donors (Lipinski definition) is 1. The zero-order valence-corrected chi connectivity index (χ0v) is 22.6. The van der Waals surface area contributed by atoms with Crippen molar-refractivity contribution in [3.05, 3.63) is 18.2 Å². The number of hydrogen-bond acceptors (Lipinski definition) is 6. The van der Waals surface area contributed by atoms with Gasteiger partial charge in [0.25, 0.3) is 5.91 Å². The number of nitrogens with one attached hydrogen (secondary N) is 1. The number of sulfonamides is 1. The van der Waals surface area contributed by atoms with Crippen LogP contribution in [0, 0.1) is 5.92 Å². The van der Waals surface area contributed by atoms with Crippen LogP contribution in [-0.2, 0) is 19.6 Å². The number of nitrogens with zero attached hydrogens (tertiary/aromatic N) is 3. The summed E-state index contributed by atoms with van der Waals surface area (Å²) in [7, 11) is -3.69. The second kappa shape index (κ2) is 11.5. The Hall–Kier alpha value is -2.17. The lowest BCUT2D eigenvalue weighted by Gasteiger charge is -2.39. The van der Waals surface area contributed by atoms with E-state index in [1.165, 1.54) is 40.6 Å². The van der Waals surface area contributed by atoms with E-state index < -0.39 is 10.0 Å². The first kappa shape index (κ1) is 26.9. The second-order valence-electron chi connectivity index (χ2n) is 10.6. The Labute approximate surface area is 215 Å². The molecule has 1 aromatic rings. The minimum absolute atomic E-state index is 0.115. The van der Waals surface area contributed by atoms with E-state index in [1.54, 1.807) is 6.07 Å². The van der Waals surface area contributed by atoms with Gasteiger partial charge in [-0.1, -0.05) is 13.3 Å². The van der Waals surface area contributed by atoms with Gasteiger partial charge in [0, 0.05) is 38.3 Å². The first-order valence-electron chi connectivity index (χ1n) is 13.3. The van der Waals surface area contributed by atoms with Gasteiger partial charge in [0.2, 0.25) is 15.9 Å². The third-order valence-corrected chi connectivity index (χ3v) is 9.74. The van der Waals surface area contributed by atoms with Crippen LogP contribution in [0.1, 0.15) is 59.3 Å². The maximum absolute atomic E-state index is 13.2. The molecule has 9 nitrogen and oxygen atoms in total. The molecule has 0 unspecified atom stereocenters. The van der Waals surface area contributed by atoms with E-state index >= 15 is 0 Å². The number of anilines is 1. The Morgan fingerprint density at radius 2 is 1.78 bits per heavy atom. The molecule has 200 valence electrons. The summed E-state index contributed by atoms with van der Waals surface area (Å²) in [6.45, 7) is 8.72. The van der Waals surface area contributed by atoms with Crippen LogP contribution >= 0.6 is 0 Å². The van der Waals surface area contributed by atoms with Gasteiger partial charge in [0.15, 0.2) is 6.61 Å². The van der Waals surface area contributed by atoms with Gasteiger partial charge >= 0.3 is 0 Å². The highest BCUT2D eigenvalue weighted by Gasteiger charge is 2.32. The summed E-state index contributed by atoms with van der Waals surface area (Å²) in [6, 6.07) is 5.68. The molecule has 1 N–H and O–H groups in total. The molecule has 10 heteroatoms. The van der Waals surface area contributed by atoms with Crippen molar-refractivity contribution in [3.63, 3.8) is 0 Å². The number of rotatable bonds is 8. The molecule has 0 spiro atoms. The lowest BCUT2D eigenvalue weighted by molar-refractivity contribution is -0.125. The minimum atomic E-state index is -3.69. The van der Waals surface area contributed by atoms with Gasteiger partial charge in [-0.2, -0.15) is 4.31 Å². The Morgan fingerprint density at radius 3 is 2.47 bits per heavy atom. The molecule has 36 heavy (non-hydrogen) atoms. The third-order valence-electron chi connectivity index (χ3n) is 7.85. The van der Waals surface area contributed by atoms with Crippen LogP contribution in [0.2, 0.25) is 0 Å². The molecule has 0 bridgehead atoms.